The number of carbonyl (C=O) groups excluding carboxylic acids is 1. The highest BCUT2D eigenvalue weighted by Crippen LogP contribution is 2.15. The monoisotopic (exact) mass is 322 g/mol. The van der Waals surface area contributed by atoms with Gasteiger partial charge in [0, 0.05) is 25.2 Å². The Morgan fingerprint density at radius 1 is 1.40 bits per heavy atom. The van der Waals surface area contributed by atoms with Gasteiger partial charge >= 0.3 is 0 Å². The van der Waals surface area contributed by atoms with Crippen LogP contribution in [0.15, 0.2) is 24.3 Å². The van der Waals surface area contributed by atoms with Crippen molar-refractivity contribution in [3.8, 4) is 0 Å². The summed E-state index contributed by atoms with van der Waals surface area (Å²) in [6.45, 7) is 1.55. The van der Waals surface area contributed by atoms with Crippen LogP contribution < -0.4 is 10.6 Å². The fourth-order valence-electron chi connectivity index (χ4n) is 1.45. The van der Waals surface area contributed by atoms with Crippen LogP contribution in [0.5, 0.6) is 0 Å². The third-order valence-electron chi connectivity index (χ3n) is 2.52. The number of amides is 1. The first-order chi connectivity index (χ1) is 9.13. The molecule has 1 rings (SSSR count). The summed E-state index contributed by atoms with van der Waals surface area (Å²) in [5.74, 6) is -0.163. The van der Waals surface area contributed by atoms with Crippen molar-refractivity contribution in [3.63, 3.8) is 0 Å². The Balaban J connectivity index is 0.00000361. The predicted octanol–water partition coefficient (Wildman–Crippen LogP) is 1.15. The number of hydrogen-bond donors (Lipinski definition) is 3. The number of aliphatic hydroxyl groups is 1. The number of benzene rings is 1. The molecule has 0 saturated carbocycles. The lowest BCUT2D eigenvalue weighted by Crippen LogP contribution is -2.37. The number of carbonyl (C=O) groups is 1. The van der Waals surface area contributed by atoms with Crippen LogP contribution in [0, 0.1) is 0 Å². The van der Waals surface area contributed by atoms with Crippen molar-refractivity contribution in [1.82, 2.24) is 10.6 Å². The van der Waals surface area contributed by atoms with E-state index in [2.05, 4.69) is 10.6 Å². The summed E-state index contributed by atoms with van der Waals surface area (Å²) >= 11 is 5.76. The van der Waals surface area contributed by atoms with Crippen molar-refractivity contribution >= 4 is 29.9 Å². The Hall–Kier alpha value is -0.850. The lowest BCUT2D eigenvalue weighted by molar-refractivity contribution is -0.120. The topological polar surface area (TPSA) is 70.6 Å². The molecule has 0 aliphatic carbocycles. The van der Waals surface area contributed by atoms with Crippen molar-refractivity contribution in [2.24, 2.45) is 0 Å². The van der Waals surface area contributed by atoms with Gasteiger partial charge in [0.25, 0.3) is 0 Å². The van der Waals surface area contributed by atoms with Gasteiger partial charge in [-0.1, -0.05) is 23.7 Å². The van der Waals surface area contributed by atoms with Crippen LogP contribution in [-0.2, 0) is 9.53 Å². The molecule has 0 saturated heterocycles. The molecule has 1 aromatic carbocycles. The van der Waals surface area contributed by atoms with E-state index >= 15 is 0 Å². The lowest BCUT2D eigenvalue weighted by Gasteiger charge is -2.12. The van der Waals surface area contributed by atoms with Crippen molar-refractivity contribution in [3.05, 3.63) is 34.9 Å². The van der Waals surface area contributed by atoms with Gasteiger partial charge in [-0.05, 0) is 17.7 Å². The van der Waals surface area contributed by atoms with Crippen LogP contribution in [-0.4, -0.2) is 44.4 Å². The Labute approximate surface area is 130 Å². The van der Waals surface area contributed by atoms with Crippen molar-refractivity contribution in [1.29, 1.82) is 0 Å². The molecular formula is C13H20Cl2N2O3. The van der Waals surface area contributed by atoms with E-state index in [1.165, 1.54) is 0 Å². The summed E-state index contributed by atoms with van der Waals surface area (Å²) in [6.07, 6.45) is -0.736. The van der Waals surface area contributed by atoms with Crippen molar-refractivity contribution < 1.29 is 14.6 Å². The van der Waals surface area contributed by atoms with Gasteiger partial charge in [-0.2, -0.15) is 0 Å². The largest absolute Gasteiger partial charge is 0.387 e. The zero-order chi connectivity index (χ0) is 14.1. The van der Waals surface area contributed by atoms with Crippen LogP contribution in [0.4, 0.5) is 0 Å². The third kappa shape index (κ3) is 7.67. The summed E-state index contributed by atoms with van der Waals surface area (Å²) in [5.41, 5.74) is 0.719. The van der Waals surface area contributed by atoms with Gasteiger partial charge in [0.05, 0.1) is 19.3 Å². The molecule has 114 valence electrons. The summed E-state index contributed by atoms with van der Waals surface area (Å²) in [6, 6.07) is 6.87. The molecule has 1 aromatic rings. The minimum Gasteiger partial charge on any atom is -0.387 e. The Kier molecular flexibility index (Phi) is 10.4. The smallest absolute Gasteiger partial charge is 0.234 e. The van der Waals surface area contributed by atoms with E-state index in [0.29, 0.717) is 18.2 Å². The molecule has 1 unspecified atom stereocenters. The van der Waals surface area contributed by atoms with Gasteiger partial charge < -0.3 is 20.5 Å². The van der Waals surface area contributed by atoms with Gasteiger partial charge in [0.15, 0.2) is 0 Å². The van der Waals surface area contributed by atoms with Gasteiger partial charge in [-0.3, -0.25) is 4.79 Å². The maximum Gasteiger partial charge on any atom is 0.234 e. The predicted molar refractivity (Wildman–Crippen MR) is 81.4 cm³/mol. The molecule has 3 N–H and O–H groups in total. The van der Waals surface area contributed by atoms with Crippen molar-refractivity contribution in [2.45, 2.75) is 6.10 Å². The first-order valence-electron chi connectivity index (χ1n) is 6.03. The number of methoxy groups -OCH3 is 1. The molecule has 0 aromatic heterocycles. The fourth-order valence-corrected chi connectivity index (χ4v) is 1.58. The quantitative estimate of drug-likeness (QED) is 0.628. The number of halogens is 2. The molecule has 0 spiro atoms. The maximum atomic E-state index is 11.4. The van der Waals surface area contributed by atoms with Crippen LogP contribution in [0.25, 0.3) is 0 Å². The molecule has 0 aliphatic heterocycles. The summed E-state index contributed by atoms with van der Waals surface area (Å²) in [5, 5.41) is 16.1. The van der Waals surface area contributed by atoms with E-state index in [1.54, 1.807) is 31.4 Å². The Morgan fingerprint density at radius 2 is 2.05 bits per heavy atom. The molecule has 7 heteroatoms. The first kappa shape index (κ1) is 19.1. The first-order valence-corrected chi connectivity index (χ1v) is 6.41. The van der Waals surface area contributed by atoms with Gasteiger partial charge in [-0.25, -0.2) is 0 Å². The van der Waals surface area contributed by atoms with E-state index in [4.69, 9.17) is 16.3 Å². The molecule has 0 radical (unpaired) electrons. The highest BCUT2D eigenvalue weighted by Gasteiger charge is 2.09. The van der Waals surface area contributed by atoms with E-state index < -0.39 is 6.10 Å². The number of aliphatic hydroxyl groups excluding tert-OH is 1. The Morgan fingerprint density at radius 3 is 2.65 bits per heavy atom. The number of hydrogen-bond acceptors (Lipinski definition) is 4. The normalized spacial score (nSPS) is 11.6. The average molecular weight is 323 g/mol. The average Bonchev–Trinajstić information content (AvgIpc) is 2.42. The minimum absolute atomic E-state index is 0. The molecule has 5 nitrogen and oxygen atoms in total. The number of ether oxygens (including phenoxy) is 1. The van der Waals surface area contributed by atoms with Crippen LogP contribution in [0.2, 0.25) is 5.02 Å². The molecule has 20 heavy (non-hydrogen) atoms. The highest BCUT2D eigenvalue weighted by atomic mass is 35.5. The Bertz CT molecular complexity index is 388. The van der Waals surface area contributed by atoms with Crippen LogP contribution in [0.3, 0.4) is 0 Å². The molecule has 0 bridgehead atoms. The van der Waals surface area contributed by atoms with Crippen molar-refractivity contribution in [2.75, 3.05) is 33.4 Å². The SMILES string of the molecule is COCCNCC(=O)NCC(O)c1ccc(Cl)cc1.Cl. The second kappa shape index (κ2) is 10.9. The highest BCUT2D eigenvalue weighted by molar-refractivity contribution is 6.30. The fraction of sp³-hybridized carbons (Fsp3) is 0.462. The standard InChI is InChI=1S/C13H19ClN2O3.ClH/c1-19-7-6-15-9-13(18)16-8-12(17)10-2-4-11(14)5-3-10;/h2-5,12,15,17H,6-9H2,1H3,(H,16,18);1H. The van der Waals surface area contributed by atoms with E-state index in [1.807, 2.05) is 0 Å². The van der Waals surface area contributed by atoms with Gasteiger partial charge in [0.1, 0.15) is 0 Å². The van der Waals surface area contributed by atoms with Crippen LogP contribution in [0.1, 0.15) is 11.7 Å². The van der Waals surface area contributed by atoms with Crippen LogP contribution >= 0.6 is 24.0 Å². The minimum atomic E-state index is -0.736. The molecule has 1 amide bonds. The van der Waals surface area contributed by atoms with E-state index in [9.17, 15) is 9.90 Å². The maximum absolute atomic E-state index is 11.4. The molecule has 0 fully saturated rings. The molecule has 0 heterocycles. The lowest BCUT2D eigenvalue weighted by atomic mass is 10.1. The zero-order valence-electron chi connectivity index (χ0n) is 11.3. The molecule has 1 atom stereocenters. The molecule has 0 aliphatic rings. The number of rotatable bonds is 8. The van der Waals surface area contributed by atoms with E-state index in [0.717, 1.165) is 5.56 Å². The third-order valence-corrected chi connectivity index (χ3v) is 2.77. The zero-order valence-corrected chi connectivity index (χ0v) is 12.8. The summed E-state index contributed by atoms with van der Waals surface area (Å²) in [7, 11) is 1.60. The summed E-state index contributed by atoms with van der Waals surface area (Å²) in [4.78, 5) is 11.4. The van der Waals surface area contributed by atoms with Gasteiger partial charge in [-0.15, -0.1) is 12.4 Å². The van der Waals surface area contributed by atoms with E-state index in [-0.39, 0.29) is 31.4 Å². The second-order valence-corrected chi connectivity index (χ2v) is 4.48. The second-order valence-electron chi connectivity index (χ2n) is 4.04. The summed E-state index contributed by atoms with van der Waals surface area (Å²) < 4.78 is 4.84. The van der Waals surface area contributed by atoms with Gasteiger partial charge in [0.2, 0.25) is 5.91 Å². The number of nitrogens with one attached hydrogen (secondary N) is 2. The molecular weight excluding hydrogens is 303 g/mol.